The topological polar surface area (TPSA) is 93.7 Å². The van der Waals surface area contributed by atoms with Crippen molar-refractivity contribution >= 4 is 17.7 Å². The highest BCUT2D eigenvalue weighted by Gasteiger charge is 2.49. The lowest BCUT2D eigenvalue weighted by Crippen LogP contribution is -2.54. The molecule has 3 atom stereocenters. The molecule has 0 spiro atoms. The van der Waals surface area contributed by atoms with Gasteiger partial charge in [-0.25, -0.2) is 0 Å². The van der Waals surface area contributed by atoms with E-state index in [1.165, 1.54) is 0 Å². The molecular formula is C62H62N2O5. The van der Waals surface area contributed by atoms with E-state index in [9.17, 15) is 9.59 Å². The van der Waals surface area contributed by atoms with Gasteiger partial charge in [-0.3, -0.25) is 25.0 Å². The van der Waals surface area contributed by atoms with Crippen LogP contribution in [0.5, 0.6) is 0 Å². The number of fused-ring (bicyclic) bond motifs is 6. The Morgan fingerprint density at radius 1 is 0.449 bits per heavy atom. The van der Waals surface area contributed by atoms with Crippen LogP contribution in [-0.2, 0) is 41.4 Å². The lowest BCUT2D eigenvalue weighted by Gasteiger charge is -2.39. The Kier molecular flexibility index (Phi) is 13.1. The van der Waals surface area contributed by atoms with E-state index in [2.05, 4.69) is 83.4 Å². The molecule has 69 heavy (non-hydrogen) atoms. The Balaban J connectivity index is 1.11. The molecule has 7 heteroatoms. The second-order valence-corrected chi connectivity index (χ2v) is 20.5. The first-order chi connectivity index (χ1) is 33.2. The van der Waals surface area contributed by atoms with Crippen molar-refractivity contribution in [3.8, 4) is 22.3 Å². The summed E-state index contributed by atoms with van der Waals surface area (Å²) in [6, 6.07) is 61.8. The van der Waals surface area contributed by atoms with E-state index < -0.39 is 52.2 Å². The largest absolute Gasteiger partial charge is 0.459 e. The SMILES string of the molecule is CC(C)(C)OC(=O)[C@H](CCC(=O)[C@H](Cc1ccccc1)C[C@H](NC1(c2ccccc2)c2ccccc2-c2ccccc21)C(=O)OC(C)(C)C)NC1(c2ccccc2)c2ccccc2-c2ccccc21. The number of nitrogens with one attached hydrogen (secondary N) is 2. The van der Waals surface area contributed by atoms with Gasteiger partial charge in [0.15, 0.2) is 0 Å². The van der Waals surface area contributed by atoms with Gasteiger partial charge in [0, 0.05) is 12.3 Å². The van der Waals surface area contributed by atoms with Gasteiger partial charge in [0.25, 0.3) is 0 Å². The van der Waals surface area contributed by atoms with E-state index in [-0.39, 0.29) is 25.0 Å². The summed E-state index contributed by atoms with van der Waals surface area (Å²) in [5.74, 6) is -1.59. The van der Waals surface area contributed by atoms with Crippen molar-refractivity contribution in [3.63, 3.8) is 0 Å². The Morgan fingerprint density at radius 3 is 1.17 bits per heavy atom. The van der Waals surface area contributed by atoms with Gasteiger partial charge in [-0.1, -0.05) is 188 Å². The minimum absolute atomic E-state index is 0.0408. The fourth-order valence-electron chi connectivity index (χ4n) is 10.7. The van der Waals surface area contributed by atoms with Crippen molar-refractivity contribution in [3.05, 3.63) is 227 Å². The molecule has 0 radical (unpaired) electrons. The number of benzene rings is 7. The number of carbonyl (C=O) groups is 3. The van der Waals surface area contributed by atoms with E-state index in [4.69, 9.17) is 9.47 Å². The molecule has 7 aromatic carbocycles. The fourth-order valence-corrected chi connectivity index (χ4v) is 10.7. The first kappa shape index (κ1) is 47.1. The monoisotopic (exact) mass is 914 g/mol. The van der Waals surface area contributed by atoms with Gasteiger partial charge in [0.1, 0.15) is 29.1 Å². The molecule has 0 fully saturated rings. The van der Waals surface area contributed by atoms with Gasteiger partial charge in [-0.05, 0) is 122 Å². The Hall–Kier alpha value is -6.93. The van der Waals surface area contributed by atoms with Crippen LogP contribution < -0.4 is 10.6 Å². The van der Waals surface area contributed by atoms with E-state index >= 15 is 4.79 Å². The molecule has 7 aromatic rings. The average Bonchev–Trinajstić information content (AvgIpc) is 3.80. The summed E-state index contributed by atoms with van der Waals surface area (Å²) in [5, 5.41) is 7.82. The van der Waals surface area contributed by atoms with Crippen LogP contribution in [0.15, 0.2) is 188 Å². The van der Waals surface area contributed by atoms with E-state index in [1.54, 1.807) is 0 Å². The second-order valence-electron chi connectivity index (χ2n) is 20.5. The third-order valence-electron chi connectivity index (χ3n) is 13.5. The first-order valence-corrected chi connectivity index (χ1v) is 24.3. The molecular weight excluding hydrogens is 853 g/mol. The zero-order chi connectivity index (χ0) is 48.4. The molecule has 0 saturated heterocycles. The number of rotatable bonds is 16. The van der Waals surface area contributed by atoms with Gasteiger partial charge in [0.05, 0.1) is 11.1 Å². The fraction of sp³-hybridized carbons (Fsp3) is 0.274. The third kappa shape index (κ3) is 9.46. The summed E-state index contributed by atoms with van der Waals surface area (Å²) in [5.41, 5.74) is 7.80. The van der Waals surface area contributed by atoms with Crippen molar-refractivity contribution in [1.29, 1.82) is 0 Å². The zero-order valence-corrected chi connectivity index (χ0v) is 40.5. The smallest absolute Gasteiger partial charge is 0.323 e. The molecule has 9 rings (SSSR count). The lowest BCUT2D eigenvalue weighted by molar-refractivity contribution is -0.159. The Labute approximate surface area is 407 Å². The lowest BCUT2D eigenvalue weighted by atomic mass is 9.78. The van der Waals surface area contributed by atoms with Crippen molar-refractivity contribution in [1.82, 2.24) is 10.6 Å². The number of hydrogen-bond donors (Lipinski definition) is 2. The molecule has 0 amide bonds. The van der Waals surface area contributed by atoms with Crippen LogP contribution in [0.1, 0.15) is 99.7 Å². The average molecular weight is 915 g/mol. The van der Waals surface area contributed by atoms with Crippen LogP contribution in [0.25, 0.3) is 22.3 Å². The normalized spacial score (nSPS) is 15.4. The number of ether oxygens (including phenoxy) is 2. The molecule has 7 nitrogen and oxygen atoms in total. The molecule has 0 aliphatic heterocycles. The van der Waals surface area contributed by atoms with Crippen molar-refractivity contribution in [2.45, 2.75) is 102 Å². The van der Waals surface area contributed by atoms with Crippen molar-refractivity contribution < 1.29 is 23.9 Å². The molecule has 2 aliphatic rings. The highest BCUT2D eigenvalue weighted by Crippen LogP contribution is 2.53. The summed E-state index contributed by atoms with van der Waals surface area (Å²) in [6.07, 6.45) is 0.711. The summed E-state index contributed by atoms with van der Waals surface area (Å²) < 4.78 is 12.5. The number of Topliss-reactive ketones (excluding diaryl/α,β-unsaturated/α-hetero) is 1. The Bertz CT molecular complexity index is 2860. The molecule has 0 unspecified atom stereocenters. The van der Waals surface area contributed by atoms with Crippen LogP contribution in [0, 0.1) is 5.92 Å². The highest BCUT2D eigenvalue weighted by molar-refractivity contribution is 5.88. The number of hydrogen-bond acceptors (Lipinski definition) is 7. The van der Waals surface area contributed by atoms with Gasteiger partial charge in [0.2, 0.25) is 0 Å². The molecule has 0 aromatic heterocycles. The van der Waals surface area contributed by atoms with Gasteiger partial charge >= 0.3 is 11.9 Å². The minimum atomic E-state index is -0.957. The predicted octanol–water partition coefficient (Wildman–Crippen LogP) is 12.1. The standard InChI is InChI=1S/C62H62N2O5/c1-59(2,3)68-57(66)54(63-61(44-26-12-8-13-27-44)50-34-20-16-30-46(50)47-31-17-21-35-51(47)61)38-39-56(65)43(40-42-24-10-7-11-25-42)41-55(58(67)69-60(4,5)6)64-62(45-28-14-9-15-29-45)52-36-22-18-32-48(52)49-33-19-23-37-53(49)62/h7-37,43,54-55,63-64H,38-41H2,1-6H3/t43-,54+,55+/m1/s1. The quantitative estimate of drug-likeness (QED) is 0.0933. The maximum Gasteiger partial charge on any atom is 0.323 e. The van der Waals surface area contributed by atoms with Crippen molar-refractivity contribution in [2.24, 2.45) is 5.92 Å². The molecule has 2 N–H and O–H groups in total. The van der Waals surface area contributed by atoms with Crippen molar-refractivity contribution in [2.75, 3.05) is 0 Å². The zero-order valence-electron chi connectivity index (χ0n) is 40.5. The van der Waals surface area contributed by atoms with Crippen LogP contribution in [0.3, 0.4) is 0 Å². The minimum Gasteiger partial charge on any atom is -0.459 e. The Morgan fingerprint density at radius 2 is 0.783 bits per heavy atom. The summed E-state index contributed by atoms with van der Waals surface area (Å²) in [7, 11) is 0. The van der Waals surface area contributed by atoms with Crippen LogP contribution >= 0.6 is 0 Å². The van der Waals surface area contributed by atoms with Gasteiger partial charge < -0.3 is 9.47 Å². The van der Waals surface area contributed by atoms with Gasteiger partial charge in [-0.2, -0.15) is 0 Å². The molecule has 0 heterocycles. The summed E-state index contributed by atoms with van der Waals surface area (Å²) in [6.45, 7) is 11.2. The van der Waals surface area contributed by atoms with E-state index in [1.807, 2.05) is 157 Å². The maximum atomic E-state index is 15.4. The van der Waals surface area contributed by atoms with E-state index in [0.717, 1.165) is 61.2 Å². The molecule has 0 saturated carbocycles. The van der Waals surface area contributed by atoms with Gasteiger partial charge in [-0.15, -0.1) is 0 Å². The molecule has 2 aliphatic carbocycles. The van der Waals surface area contributed by atoms with Crippen LogP contribution in [0.2, 0.25) is 0 Å². The summed E-state index contributed by atoms with van der Waals surface area (Å²) >= 11 is 0. The van der Waals surface area contributed by atoms with E-state index in [0.29, 0.717) is 6.42 Å². The third-order valence-corrected chi connectivity index (χ3v) is 13.5. The maximum absolute atomic E-state index is 15.4. The predicted molar refractivity (Wildman–Crippen MR) is 274 cm³/mol. The highest BCUT2D eigenvalue weighted by atomic mass is 16.6. The van der Waals surface area contributed by atoms with Crippen LogP contribution in [-0.4, -0.2) is 41.0 Å². The second kappa shape index (κ2) is 19.2. The molecule has 350 valence electrons. The first-order valence-electron chi connectivity index (χ1n) is 24.3. The van der Waals surface area contributed by atoms with Crippen LogP contribution in [0.4, 0.5) is 0 Å². The molecule has 0 bridgehead atoms. The summed E-state index contributed by atoms with van der Waals surface area (Å²) in [4.78, 5) is 45.1. The number of carbonyl (C=O) groups excluding carboxylic acids is 3. The number of ketones is 1. The number of esters is 2.